The number of hydrogen-bond acceptors (Lipinski definition) is 2. The molecule has 0 radical (unpaired) electrons. The van der Waals surface area contributed by atoms with Crippen LogP contribution in [0, 0.1) is 11.7 Å². The monoisotopic (exact) mass is 222 g/mol. The van der Waals surface area contributed by atoms with Gasteiger partial charge in [0, 0.05) is 6.54 Å². The first kappa shape index (κ1) is 11.4. The summed E-state index contributed by atoms with van der Waals surface area (Å²) in [5, 5.41) is 3.32. The smallest absolute Gasteiger partial charge is 0.146 e. The molecule has 0 unspecified atom stereocenters. The Balaban J connectivity index is 1.73. The predicted octanol–water partition coefficient (Wildman–Crippen LogP) is 2.69. The second-order valence-corrected chi connectivity index (χ2v) is 4.58. The first-order chi connectivity index (χ1) is 7.77. The second kappa shape index (κ2) is 5.30. The van der Waals surface area contributed by atoms with Crippen molar-refractivity contribution in [3.63, 3.8) is 0 Å². The fourth-order valence-electron chi connectivity index (χ4n) is 2.05. The number of nitrogen functional groups attached to an aromatic ring is 1. The summed E-state index contributed by atoms with van der Waals surface area (Å²) in [6, 6.07) is 4.97. The van der Waals surface area contributed by atoms with E-state index in [1.54, 1.807) is 6.07 Å². The minimum Gasteiger partial charge on any atom is -0.396 e. The Kier molecular flexibility index (Phi) is 3.78. The number of rotatable bonds is 5. The second-order valence-electron chi connectivity index (χ2n) is 4.58. The maximum Gasteiger partial charge on any atom is 0.146 e. The van der Waals surface area contributed by atoms with Crippen LogP contribution in [0.15, 0.2) is 18.2 Å². The molecule has 1 saturated carbocycles. The molecule has 0 aliphatic heterocycles. The van der Waals surface area contributed by atoms with E-state index in [0.717, 1.165) is 18.0 Å². The van der Waals surface area contributed by atoms with Crippen molar-refractivity contribution in [3.05, 3.63) is 29.6 Å². The van der Waals surface area contributed by atoms with E-state index >= 15 is 0 Å². The minimum absolute atomic E-state index is 0.277. The molecule has 3 N–H and O–H groups in total. The lowest BCUT2D eigenvalue weighted by atomic mass is 9.83. The van der Waals surface area contributed by atoms with E-state index < -0.39 is 0 Å². The normalized spacial score (nSPS) is 16.1. The molecule has 2 nitrogen and oxygen atoms in total. The number of nitrogens with one attached hydrogen (secondary N) is 1. The molecule has 0 saturated heterocycles. The van der Waals surface area contributed by atoms with Crippen LogP contribution >= 0.6 is 0 Å². The zero-order valence-corrected chi connectivity index (χ0v) is 9.51. The first-order valence-electron chi connectivity index (χ1n) is 6.01. The molecule has 0 amide bonds. The summed E-state index contributed by atoms with van der Waals surface area (Å²) in [7, 11) is 0. The van der Waals surface area contributed by atoms with Gasteiger partial charge in [-0.05, 0) is 30.5 Å². The van der Waals surface area contributed by atoms with E-state index in [0.29, 0.717) is 6.54 Å². The fraction of sp³-hybridized carbons (Fsp3) is 0.538. The van der Waals surface area contributed by atoms with Gasteiger partial charge >= 0.3 is 0 Å². The third-order valence-electron chi connectivity index (χ3n) is 3.41. The van der Waals surface area contributed by atoms with Crippen LogP contribution in [-0.2, 0) is 6.54 Å². The highest BCUT2D eigenvalue weighted by molar-refractivity contribution is 5.47. The van der Waals surface area contributed by atoms with Gasteiger partial charge in [-0.3, -0.25) is 0 Å². The van der Waals surface area contributed by atoms with Crippen LogP contribution < -0.4 is 11.1 Å². The van der Waals surface area contributed by atoms with Gasteiger partial charge in [0.1, 0.15) is 5.82 Å². The summed E-state index contributed by atoms with van der Waals surface area (Å²) in [6.07, 6.45) is 5.38. The molecule has 16 heavy (non-hydrogen) atoms. The first-order valence-corrected chi connectivity index (χ1v) is 6.01. The van der Waals surface area contributed by atoms with Gasteiger partial charge in [0.25, 0.3) is 0 Å². The van der Waals surface area contributed by atoms with E-state index in [9.17, 15) is 4.39 Å². The number of para-hydroxylation sites is 1. The molecule has 1 aliphatic rings. The summed E-state index contributed by atoms with van der Waals surface area (Å²) in [4.78, 5) is 0. The molecule has 2 rings (SSSR count). The Labute approximate surface area is 96.0 Å². The maximum atomic E-state index is 13.1. The van der Waals surface area contributed by atoms with E-state index in [4.69, 9.17) is 5.73 Å². The molecule has 88 valence electrons. The summed E-state index contributed by atoms with van der Waals surface area (Å²) in [5.74, 6) is 0.593. The van der Waals surface area contributed by atoms with Gasteiger partial charge in [-0.15, -0.1) is 0 Å². The van der Waals surface area contributed by atoms with Gasteiger partial charge in [-0.2, -0.15) is 0 Å². The van der Waals surface area contributed by atoms with Crippen molar-refractivity contribution in [2.75, 3.05) is 12.3 Å². The zero-order valence-electron chi connectivity index (χ0n) is 9.51. The summed E-state index contributed by atoms with van der Waals surface area (Å²) >= 11 is 0. The molecular weight excluding hydrogens is 203 g/mol. The van der Waals surface area contributed by atoms with Crippen molar-refractivity contribution in [3.8, 4) is 0 Å². The molecule has 0 aromatic heterocycles. The van der Waals surface area contributed by atoms with Crippen molar-refractivity contribution in [1.82, 2.24) is 5.32 Å². The van der Waals surface area contributed by atoms with E-state index in [1.807, 2.05) is 6.07 Å². The highest BCUT2D eigenvalue weighted by atomic mass is 19.1. The van der Waals surface area contributed by atoms with Gasteiger partial charge in [0.05, 0.1) is 5.69 Å². The Bertz CT molecular complexity index is 348. The summed E-state index contributed by atoms with van der Waals surface area (Å²) < 4.78 is 13.1. The lowest BCUT2D eigenvalue weighted by molar-refractivity contribution is 0.292. The molecule has 0 bridgehead atoms. The zero-order chi connectivity index (χ0) is 11.4. The van der Waals surface area contributed by atoms with Crippen LogP contribution in [0.2, 0.25) is 0 Å². The van der Waals surface area contributed by atoms with E-state index in [-0.39, 0.29) is 11.5 Å². The van der Waals surface area contributed by atoms with Crippen molar-refractivity contribution in [2.45, 2.75) is 32.2 Å². The van der Waals surface area contributed by atoms with Crippen molar-refractivity contribution in [1.29, 1.82) is 0 Å². The number of nitrogens with two attached hydrogens (primary N) is 1. The third kappa shape index (κ3) is 2.73. The van der Waals surface area contributed by atoms with Crippen molar-refractivity contribution < 1.29 is 4.39 Å². The molecule has 1 aromatic carbocycles. The van der Waals surface area contributed by atoms with E-state index in [2.05, 4.69) is 5.32 Å². The minimum atomic E-state index is -0.321. The average Bonchev–Trinajstić information content (AvgIpc) is 2.21. The van der Waals surface area contributed by atoms with Gasteiger partial charge in [0.2, 0.25) is 0 Å². The molecule has 0 atom stereocenters. The SMILES string of the molecule is Nc1c(F)cccc1CNCCC1CCC1. The molecule has 1 aromatic rings. The lowest BCUT2D eigenvalue weighted by Gasteiger charge is -2.25. The Hall–Kier alpha value is -1.09. The Morgan fingerprint density at radius 2 is 2.19 bits per heavy atom. The maximum absolute atomic E-state index is 13.1. The van der Waals surface area contributed by atoms with Crippen LogP contribution in [0.5, 0.6) is 0 Å². The van der Waals surface area contributed by atoms with Gasteiger partial charge < -0.3 is 11.1 Å². The molecule has 0 spiro atoms. The third-order valence-corrected chi connectivity index (χ3v) is 3.41. The van der Waals surface area contributed by atoms with Crippen molar-refractivity contribution in [2.24, 2.45) is 5.92 Å². The lowest BCUT2D eigenvalue weighted by Crippen LogP contribution is -2.21. The Morgan fingerprint density at radius 1 is 1.38 bits per heavy atom. The van der Waals surface area contributed by atoms with Gasteiger partial charge in [-0.25, -0.2) is 4.39 Å². The summed E-state index contributed by atoms with van der Waals surface area (Å²) in [5.41, 5.74) is 6.78. The van der Waals surface area contributed by atoms with Crippen LogP contribution in [0.3, 0.4) is 0 Å². The number of benzene rings is 1. The molecular formula is C13H19FN2. The van der Waals surface area contributed by atoms with Gasteiger partial charge in [0.15, 0.2) is 0 Å². The number of hydrogen-bond donors (Lipinski definition) is 2. The highest BCUT2D eigenvalue weighted by Gasteiger charge is 2.16. The largest absolute Gasteiger partial charge is 0.396 e. The highest BCUT2D eigenvalue weighted by Crippen LogP contribution is 2.28. The number of anilines is 1. The Morgan fingerprint density at radius 3 is 2.88 bits per heavy atom. The van der Waals surface area contributed by atoms with Crippen molar-refractivity contribution >= 4 is 5.69 Å². The topological polar surface area (TPSA) is 38.0 Å². The molecule has 1 aliphatic carbocycles. The van der Waals surface area contributed by atoms with E-state index in [1.165, 1.54) is 31.7 Å². The van der Waals surface area contributed by atoms with Crippen LogP contribution in [0.4, 0.5) is 10.1 Å². The molecule has 3 heteroatoms. The molecule has 1 fully saturated rings. The number of halogens is 1. The summed E-state index contributed by atoms with van der Waals surface area (Å²) in [6.45, 7) is 1.66. The van der Waals surface area contributed by atoms with Crippen LogP contribution in [0.1, 0.15) is 31.2 Å². The standard InChI is InChI=1S/C13H19FN2/c14-12-6-2-5-11(13(12)15)9-16-8-7-10-3-1-4-10/h2,5-6,10,16H,1,3-4,7-9,15H2. The molecule has 0 heterocycles. The quantitative estimate of drug-likeness (QED) is 0.594. The predicted molar refractivity (Wildman–Crippen MR) is 64.5 cm³/mol. The van der Waals surface area contributed by atoms with Gasteiger partial charge in [-0.1, -0.05) is 31.4 Å². The average molecular weight is 222 g/mol. The van der Waals surface area contributed by atoms with Crippen LogP contribution in [0.25, 0.3) is 0 Å². The fourth-order valence-corrected chi connectivity index (χ4v) is 2.05. The van der Waals surface area contributed by atoms with Crippen LogP contribution in [-0.4, -0.2) is 6.54 Å².